The standard InChI is InChI=1S/C33H32N4O4S/c1-7-41-22-14-15-23-24(17-22)42-32(34-23)37-27(20-10-12-21(13-11-20)33(4,5)6)25(29(39)31(37)40)28(38)26-19(3)36-16-8-9-18(2)30(36)35-26/h8-17,27,38H,7H2,1-6H3. The van der Waals surface area contributed by atoms with Crippen LogP contribution in [-0.4, -0.2) is 37.8 Å². The van der Waals surface area contributed by atoms with E-state index in [1.54, 1.807) is 0 Å². The molecule has 1 saturated heterocycles. The molecular weight excluding hydrogens is 548 g/mol. The molecule has 0 aliphatic carbocycles. The van der Waals surface area contributed by atoms with Crippen molar-refractivity contribution >= 4 is 49.8 Å². The number of fused-ring (bicyclic) bond motifs is 2. The number of thiazole rings is 1. The van der Waals surface area contributed by atoms with E-state index in [1.807, 2.05) is 86.0 Å². The number of hydrogen-bond acceptors (Lipinski definition) is 7. The molecule has 42 heavy (non-hydrogen) atoms. The predicted octanol–water partition coefficient (Wildman–Crippen LogP) is 6.88. The quantitative estimate of drug-likeness (QED) is 0.138. The van der Waals surface area contributed by atoms with Crippen LogP contribution in [0, 0.1) is 13.8 Å². The first-order valence-electron chi connectivity index (χ1n) is 13.9. The molecule has 1 N–H and O–H groups in total. The van der Waals surface area contributed by atoms with Crippen molar-refractivity contribution in [3.63, 3.8) is 0 Å². The van der Waals surface area contributed by atoms with Crippen LogP contribution in [-0.2, 0) is 15.0 Å². The van der Waals surface area contributed by atoms with Gasteiger partial charge >= 0.3 is 5.91 Å². The van der Waals surface area contributed by atoms with Gasteiger partial charge in [0.05, 0.1) is 34.1 Å². The van der Waals surface area contributed by atoms with Gasteiger partial charge in [0.1, 0.15) is 17.1 Å². The molecule has 1 unspecified atom stereocenters. The Labute approximate surface area is 247 Å². The van der Waals surface area contributed by atoms with Crippen LogP contribution in [0.25, 0.3) is 21.6 Å². The molecule has 6 rings (SSSR count). The van der Waals surface area contributed by atoms with Crippen molar-refractivity contribution < 1.29 is 19.4 Å². The van der Waals surface area contributed by atoms with Gasteiger partial charge in [0, 0.05) is 6.20 Å². The van der Waals surface area contributed by atoms with E-state index in [0.717, 1.165) is 15.8 Å². The van der Waals surface area contributed by atoms with Gasteiger partial charge in [0.25, 0.3) is 5.78 Å². The Morgan fingerprint density at radius 2 is 1.79 bits per heavy atom. The topological polar surface area (TPSA) is 97.0 Å². The zero-order valence-electron chi connectivity index (χ0n) is 24.4. The van der Waals surface area contributed by atoms with Gasteiger partial charge in [-0.2, -0.15) is 0 Å². The number of aromatic nitrogens is 3. The SMILES string of the molecule is CCOc1ccc2nc(N3C(=O)C(=O)C(=C(O)c4nc5c(C)cccn5c4C)C3c3ccc(C(C)(C)C)cc3)sc2c1. The number of ketones is 1. The third kappa shape index (κ3) is 4.44. The number of benzene rings is 2. The summed E-state index contributed by atoms with van der Waals surface area (Å²) in [6.45, 7) is 12.6. The van der Waals surface area contributed by atoms with Crippen molar-refractivity contribution in [1.82, 2.24) is 14.4 Å². The summed E-state index contributed by atoms with van der Waals surface area (Å²) >= 11 is 1.30. The monoisotopic (exact) mass is 580 g/mol. The van der Waals surface area contributed by atoms with Crippen LogP contribution in [0.15, 0.2) is 66.4 Å². The highest BCUT2D eigenvalue weighted by molar-refractivity contribution is 7.22. The summed E-state index contributed by atoms with van der Waals surface area (Å²) in [7, 11) is 0. The maximum atomic E-state index is 13.8. The van der Waals surface area contributed by atoms with Gasteiger partial charge in [-0.05, 0) is 67.1 Å². The second-order valence-corrected chi connectivity index (χ2v) is 12.5. The van der Waals surface area contributed by atoms with Gasteiger partial charge < -0.3 is 14.2 Å². The van der Waals surface area contributed by atoms with E-state index in [4.69, 9.17) is 14.7 Å². The molecule has 214 valence electrons. The maximum Gasteiger partial charge on any atom is 0.301 e. The van der Waals surface area contributed by atoms with E-state index in [-0.39, 0.29) is 22.4 Å². The number of nitrogens with zero attached hydrogens (tertiary/aromatic N) is 4. The maximum absolute atomic E-state index is 13.8. The lowest BCUT2D eigenvalue weighted by Gasteiger charge is -2.24. The Morgan fingerprint density at radius 1 is 1.05 bits per heavy atom. The average molecular weight is 581 g/mol. The van der Waals surface area contributed by atoms with Gasteiger partial charge in [-0.1, -0.05) is 62.4 Å². The third-order valence-electron chi connectivity index (χ3n) is 7.71. The van der Waals surface area contributed by atoms with Crippen LogP contribution < -0.4 is 9.64 Å². The van der Waals surface area contributed by atoms with Gasteiger partial charge in [0.15, 0.2) is 10.9 Å². The first kappa shape index (κ1) is 27.7. The summed E-state index contributed by atoms with van der Waals surface area (Å²) in [5.41, 5.74) is 4.93. The molecule has 1 aliphatic rings. The molecule has 3 aromatic heterocycles. The molecule has 1 fully saturated rings. The number of ether oxygens (including phenoxy) is 1. The number of carbonyl (C=O) groups is 2. The molecule has 0 bridgehead atoms. The number of aliphatic hydroxyl groups is 1. The Morgan fingerprint density at radius 3 is 2.45 bits per heavy atom. The lowest BCUT2D eigenvalue weighted by atomic mass is 9.85. The fraction of sp³-hybridized carbons (Fsp3) is 0.273. The summed E-state index contributed by atoms with van der Waals surface area (Å²) < 4.78 is 8.35. The molecule has 2 aromatic carbocycles. The van der Waals surface area contributed by atoms with Crippen LogP contribution in [0.5, 0.6) is 5.75 Å². The van der Waals surface area contributed by atoms with Crippen LogP contribution in [0.3, 0.4) is 0 Å². The minimum absolute atomic E-state index is 0.0121. The van der Waals surface area contributed by atoms with Crippen molar-refractivity contribution in [1.29, 1.82) is 0 Å². The van der Waals surface area contributed by atoms with Crippen molar-refractivity contribution in [2.24, 2.45) is 0 Å². The molecule has 1 amide bonds. The molecule has 0 spiro atoms. The van der Waals surface area contributed by atoms with Crippen LogP contribution in [0.4, 0.5) is 5.13 Å². The summed E-state index contributed by atoms with van der Waals surface area (Å²) in [4.78, 5) is 38.4. The van der Waals surface area contributed by atoms with Gasteiger partial charge in [-0.15, -0.1) is 0 Å². The first-order chi connectivity index (χ1) is 20.0. The largest absolute Gasteiger partial charge is 0.505 e. The van der Waals surface area contributed by atoms with Crippen LogP contribution in [0.2, 0.25) is 0 Å². The lowest BCUT2D eigenvalue weighted by Crippen LogP contribution is -2.29. The predicted molar refractivity (Wildman–Crippen MR) is 165 cm³/mol. The second-order valence-electron chi connectivity index (χ2n) is 11.5. The third-order valence-corrected chi connectivity index (χ3v) is 8.73. The minimum Gasteiger partial charge on any atom is -0.505 e. The molecule has 9 heteroatoms. The lowest BCUT2D eigenvalue weighted by molar-refractivity contribution is -0.132. The zero-order valence-corrected chi connectivity index (χ0v) is 25.2. The number of hydrogen-bond donors (Lipinski definition) is 1. The Bertz CT molecular complexity index is 1910. The summed E-state index contributed by atoms with van der Waals surface area (Å²) in [6, 6.07) is 16.3. The average Bonchev–Trinajstić information content (AvgIpc) is 3.60. The molecule has 1 atom stereocenters. The number of imidazole rings is 1. The molecule has 8 nitrogen and oxygen atoms in total. The first-order valence-corrected chi connectivity index (χ1v) is 14.7. The number of Topliss-reactive ketones (excluding diaryl/α,β-unsaturated/α-hetero) is 1. The van der Waals surface area contributed by atoms with Gasteiger partial charge in [-0.3, -0.25) is 14.5 Å². The molecule has 0 radical (unpaired) electrons. The van der Waals surface area contributed by atoms with E-state index >= 15 is 0 Å². The summed E-state index contributed by atoms with van der Waals surface area (Å²) in [6.07, 6.45) is 1.86. The number of carbonyl (C=O) groups excluding carboxylic acids is 2. The van der Waals surface area contributed by atoms with Crippen LogP contribution >= 0.6 is 11.3 Å². The normalized spacial score (nSPS) is 17.1. The van der Waals surface area contributed by atoms with Crippen molar-refractivity contribution in [3.05, 3.63) is 94.4 Å². The van der Waals surface area contributed by atoms with E-state index in [0.29, 0.717) is 39.9 Å². The van der Waals surface area contributed by atoms with E-state index < -0.39 is 17.7 Å². The van der Waals surface area contributed by atoms with Gasteiger partial charge in [0.2, 0.25) is 0 Å². The van der Waals surface area contributed by atoms with E-state index in [1.165, 1.54) is 16.2 Å². The smallest absolute Gasteiger partial charge is 0.301 e. The molecule has 1 aliphatic heterocycles. The highest BCUT2D eigenvalue weighted by atomic mass is 32.1. The van der Waals surface area contributed by atoms with Crippen molar-refractivity contribution in [2.75, 3.05) is 11.5 Å². The van der Waals surface area contributed by atoms with Gasteiger partial charge in [-0.25, -0.2) is 9.97 Å². The molecule has 0 saturated carbocycles. The van der Waals surface area contributed by atoms with Crippen molar-refractivity contribution in [2.45, 2.75) is 53.0 Å². The number of amides is 1. The Balaban J connectivity index is 1.56. The molecule has 5 aromatic rings. The summed E-state index contributed by atoms with van der Waals surface area (Å²) in [5, 5.41) is 12.1. The number of aliphatic hydroxyl groups excluding tert-OH is 1. The summed E-state index contributed by atoms with van der Waals surface area (Å²) in [5.74, 6) is -1.13. The van der Waals surface area contributed by atoms with Crippen molar-refractivity contribution in [3.8, 4) is 5.75 Å². The number of anilines is 1. The molecular formula is C33H32N4O4S. The fourth-order valence-electron chi connectivity index (χ4n) is 5.44. The number of rotatable bonds is 5. The molecule has 4 heterocycles. The highest BCUT2D eigenvalue weighted by Gasteiger charge is 2.48. The Hall–Kier alpha value is -4.50. The second kappa shape index (κ2) is 10.1. The van der Waals surface area contributed by atoms with E-state index in [2.05, 4.69) is 20.8 Å². The fourth-order valence-corrected chi connectivity index (χ4v) is 6.46. The number of aryl methyl sites for hydroxylation is 2. The number of pyridine rings is 1. The minimum atomic E-state index is -0.892. The zero-order chi connectivity index (χ0) is 29.9. The highest BCUT2D eigenvalue weighted by Crippen LogP contribution is 2.45. The van der Waals surface area contributed by atoms with Crippen LogP contribution in [0.1, 0.15) is 61.8 Å². The van der Waals surface area contributed by atoms with E-state index in [9.17, 15) is 14.7 Å². The Kier molecular flexibility index (Phi) is 6.65.